The van der Waals surface area contributed by atoms with Crippen molar-refractivity contribution in [2.24, 2.45) is 0 Å². The number of hydrogen-bond acceptors (Lipinski definition) is 3. The number of benzene rings is 1. The first-order chi connectivity index (χ1) is 10.2. The number of aromatic nitrogens is 4. The van der Waals surface area contributed by atoms with Crippen LogP contribution < -0.4 is 0 Å². The maximum atomic E-state index is 4.46. The second kappa shape index (κ2) is 5.93. The van der Waals surface area contributed by atoms with E-state index in [1.807, 2.05) is 37.5 Å². The maximum Gasteiger partial charge on any atom is 0.120 e. The largest absolute Gasteiger partial charge is 0.348 e. The summed E-state index contributed by atoms with van der Waals surface area (Å²) in [5.41, 5.74) is 2.32. The van der Waals surface area contributed by atoms with E-state index in [4.69, 9.17) is 0 Å². The standard InChI is InChI=1S/C16H19N5/c1-13-19-10-15(21(13)14-6-4-3-5-7-14)11-20(2)12-16-17-8-9-18-16/h3-10H,11-12H2,1-2H3,(H,17,18). The van der Waals surface area contributed by atoms with Crippen molar-refractivity contribution in [1.29, 1.82) is 0 Å². The van der Waals surface area contributed by atoms with Gasteiger partial charge in [0.1, 0.15) is 11.6 Å². The molecule has 0 spiro atoms. The molecule has 0 bridgehead atoms. The van der Waals surface area contributed by atoms with Crippen LogP contribution in [-0.2, 0) is 13.1 Å². The number of para-hydroxylation sites is 1. The Kier molecular flexibility index (Phi) is 3.83. The lowest BCUT2D eigenvalue weighted by molar-refractivity contribution is 0.306. The number of nitrogens with one attached hydrogen (secondary N) is 1. The predicted octanol–water partition coefficient (Wildman–Crippen LogP) is 2.54. The van der Waals surface area contributed by atoms with E-state index in [0.717, 1.165) is 30.4 Å². The van der Waals surface area contributed by atoms with Crippen LogP contribution in [0.25, 0.3) is 5.69 Å². The molecule has 0 saturated carbocycles. The van der Waals surface area contributed by atoms with Crippen LogP contribution in [0.3, 0.4) is 0 Å². The van der Waals surface area contributed by atoms with Crippen LogP contribution in [0.2, 0.25) is 0 Å². The molecule has 21 heavy (non-hydrogen) atoms. The summed E-state index contributed by atoms with van der Waals surface area (Å²) in [6.45, 7) is 3.63. The summed E-state index contributed by atoms with van der Waals surface area (Å²) < 4.78 is 2.19. The van der Waals surface area contributed by atoms with Crippen LogP contribution in [0.4, 0.5) is 0 Å². The Hall–Kier alpha value is -2.40. The van der Waals surface area contributed by atoms with Gasteiger partial charge in [-0.3, -0.25) is 9.47 Å². The Morgan fingerprint density at radius 3 is 2.67 bits per heavy atom. The van der Waals surface area contributed by atoms with E-state index >= 15 is 0 Å². The van der Waals surface area contributed by atoms with Gasteiger partial charge in [0.05, 0.1) is 18.4 Å². The summed E-state index contributed by atoms with van der Waals surface area (Å²) in [5.74, 6) is 1.97. The lowest BCUT2D eigenvalue weighted by atomic mass is 10.3. The highest BCUT2D eigenvalue weighted by Crippen LogP contribution is 2.16. The molecule has 0 radical (unpaired) electrons. The highest BCUT2D eigenvalue weighted by atomic mass is 15.2. The Balaban J connectivity index is 1.80. The van der Waals surface area contributed by atoms with E-state index < -0.39 is 0 Å². The molecule has 0 aliphatic rings. The quantitative estimate of drug-likeness (QED) is 0.782. The smallest absolute Gasteiger partial charge is 0.120 e. The monoisotopic (exact) mass is 281 g/mol. The molecule has 0 amide bonds. The molecule has 0 saturated heterocycles. The minimum Gasteiger partial charge on any atom is -0.348 e. The first-order valence-corrected chi connectivity index (χ1v) is 6.99. The summed E-state index contributed by atoms with van der Waals surface area (Å²) in [5, 5.41) is 0. The Bertz CT molecular complexity index is 685. The summed E-state index contributed by atoms with van der Waals surface area (Å²) in [6, 6.07) is 10.3. The van der Waals surface area contributed by atoms with Gasteiger partial charge in [0.25, 0.3) is 0 Å². The number of aromatic amines is 1. The third kappa shape index (κ3) is 3.03. The zero-order valence-corrected chi connectivity index (χ0v) is 12.3. The molecule has 1 N–H and O–H groups in total. The van der Waals surface area contributed by atoms with Crippen molar-refractivity contribution in [1.82, 2.24) is 24.4 Å². The van der Waals surface area contributed by atoms with Crippen LogP contribution in [0, 0.1) is 6.92 Å². The normalized spacial score (nSPS) is 11.2. The van der Waals surface area contributed by atoms with Crippen molar-refractivity contribution in [2.75, 3.05) is 7.05 Å². The number of aryl methyl sites for hydroxylation is 1. The Morgan fingerprint density at radius 2 is 1.95 bits per heavy atom. The van der Waals surface area contributed by atoms with Gasteiger partial charge in [0, 0.05) is 24.6 Å². The molecule has 2 aromatic heterocycles. The van der Waals surface area contributed by atoms with Gasteiger partial charge in [-0.1, -0.05) is 18.2 Å². The highest BCUT2D eigenvalue weighted by molar-refractivity contribution is 5.35. The van der Waals surface area contributed by atoms with Crippen molar-refractivity contribution >= 4 is 0 Å². The van der Waals surface area contributed by atoms with Gasteiger partial charge in [-0.25, -0.2) is 9.97 Å². The first-order valence-electron chi connectivity index (χ1n) is 6.99. The summed E-state index contributed by atoms with van der Waals surface area (Å²) in [7, 11) is 2.08. The Morgan fingerprint density at radius 1 is 1.14 bits per heavy atom. The van der Waals surface area contributed by atoms with E-state index in [1.54, 1.807) is 6.20 Å². The molecular formula is C16H19N5. The van der Waals surface area contributed by atoms with Crippen LogP contribution >= 0.6 is 0 Å². The number of H-pyrrole nitrogens is 1. The fourth-order valence-electron chi connectivity index (χ4n) is 2.51. The van der Waals surface area contributed by atoms with Crippen molar-refractivity contribution in [3.8, 4) is 5.69 Å². The van der Waals surface area contributed by atoms with Crippen molar-refractivity contribution in [2.45, 2.75) is 20.0 Å². The summed E-state index contributed by atoms with van der Waals surface area (Å²) >= 11 is 0. The molecule has 108 valence electrons. The molecule has 2 heterocycles. The average Bonchev–Trinajstić information content (AvgIpc) is 3.10. The van der Waals surface area contributed by atoms with Crippen molar-refractivity contribution in [3.05, 3.63) is 66.3 Å². The van der Waals surface area contributed by atoms with Crippen molar-refractivity contribution in [3.63, 3.8) is 0 Å². The molecule has 5 nitrogen and oxygen atoms in total. The Labute approximate surface area is 124 Å². The molecule has 3 rings (SSSR count). The van der Waals surface area contributed by atoms with Gasteiger partial charge in [-0.15, -0.1) is 0 Å². The molecule has 0 fully saturated rings. The summed E-state index contributed by atoms with van der Waals surface area (Å²) in [6.07, 6.45) is 5.57. The second-order valence-electron chi connectivity index (χ2n) is 5.18. The molecular weight excluding hydrogens is 262 g/mol. The zero-order chi connectivity index (χ0) is 14.7. The van der Waals surface area contributed by atoms with E-state index in [9.17, 15) is 0 Å². The fraction of sp³-hybridized carbons (Fsp3) is 0.250. The van der Waals surface area contributed by atoms with Crippen molar-refractivity contribution < 1.29 is 0 Å². The van der Waals surface area contributed by atoms with Gasteiger partial charge in [0.2, 0.25) is 0 Å². The molecule has 0 unspecified atom stereocenters. The third-order valence-corrected chi connectivity index (χ3v) is 3.43. The summed E-state index contributed by atoms with van der Waals surface area (Å²) in [4.78, 5) is 14.1. The number of rotatable bonds is 5. The molecule has 0 atom stereocenters. The molecule has 0 aliphatic carbocycles. The first kappa shape index (κ1) is 13.6. The molecule has 3 aromatic rings. The minimum atomic E-state index is 0.784. The third-order valence-electron chi connectivity index (χ3n) is 3.43. The van der Waals surface area contributed by atoms with Gasteiger partial charge in [-0.05, 0) is 26.1 Å². The predicted molar refractivity (Wildman–Crippen MR) is 82.1 cm³/mol. The second-order valence-corrected chi connectivity index (χ2v) is 5.18. The fourth-order valence-corrected chi connectivity index (χ4v) is 2.51. The van der Waals surface area contributed by atoms with Crippen LogP contribution in [-0.4, -0.2) is 31.5 Å². The SMILES string of the molecule is Cc1ncc(CN(C)Cc2ncc[nH]2)n1-c1ccccc1. The average molecular weight is 281 g/mol. The van der Waals surface area contributed by atoms with Crippen LogP contribution in [0.1, 0.15) is 17.3 Å². The zero-order valence-electron chi connectivity index (χ0n) is 12.3. The van der Waals surface area contributed by atoms with Gasteiger partial charge in [0.15, 0.2) is 0 Å². The van der Waals surface area contributed by atoms with E-state index in [2.05, 4.69) is 43.6 Å². The van der Waals surface area contributed by atoms with Gasteiger partial charge >= 0.3 is 0 Å². The number of imidazole rings is 2. The van der Waals surface area contributed by atoms with E-state index in [1.165, 1.54) is 5.69 Å². The van der Waals surface area contributed by atoms with E-state index in [-0.39, 0.29) is 0 Å². The van der Waals surface area contributed by atoms with Gasteiger partial charge < -0.3 is 4.98 Å². The highest BCUT2D eigenvalue weighted by Gasteiger charge is 2.11. The minimum absolute atomic E-state index is 0.784. The topological polar surface area (TPSA) is 49.7 Å². The number of hydrogen-bond donors (Lipinski definition) is 1. The lowest BCUT2D eigenvalue weighted by Crippen LogP contribution is -2.20. The molecule has 5 heteroatoms. The van der Waals surface area contributed by atoms with Crippen LogP contribution in [0.15, 0.2) is 48.9 Å². The molecule has 1 aromatic carbocycles. The van der Waals surface area contributed by atoms with E-state index in [0.29, 0.717) is 0 Å². The van der Waals surface area contributed by atoms with Crippen LogP contribution in [0.5, 0.6) is 0 Å². The maximum absolute atomic E-state index is 4.46. The lowest BCUT2D eigenvalue weighted by Gasteiger charge is -2.17. The number of nitrogens with zero attached hydrogens (tertiary/aromatic N) is 4. The van der Waals surface area contributed by atoms with Gasteiger partial charge in [-0.2, -0.15) is 0 Å². The molecule has 0 aliphatic heterocycles.